The van der Waals surface area contributed by atoms with Gasteiger partial charge in [0, 0.05) is 25.1 Å². The molecule has 106 valence electrons. The number of hydrogen-bond acceptors (Lipinski definition) is 6. The minimum absolute atomic E-state index is 0.188. The molecule has 1 aliphatic rings. The Labute approximate surface area is 113 Å². The molecule has 2 heterocycles. The Bertz CT molecular complexity index is 700. The number of nitrogens with zero attached hydrogens (tertiary/aromatic N) is 5. The molecule has 9 heteroatoms. The minimum atomic E-state index is -0.311. The number of aromatic amines is 1. The van der Waals surface area contributed by atoms with Crippen molar-refractivity contribution in [1.29, 1.82) is 0 Å². The first-order valence-corrected chi connectivity index (χ1v) is 6.35. The van der Waals surface area contributed by atoms with E-state index in [2.05, 4.69) is 25.2 Å². The standard InChI is InChI=1S/C11H15N7O2/c12-8(16-20)3-4-17(7-1-2-7)9-5-10-14-15-11(19)18(10)6-13-9/h5-7,20H,1-4H2,(H2,12,16)(H,15,19). The smallest absolute Gasteiger partial charge is 0.348 e. The molecule has 0 spiro atoms. The Kier molecular flexibility index (Phi) is 3.01. The van der Waals surface area contributed by atoms with E-state index in [1.807, 2.05) is 0 Å². The summed E-state index contributed by atoms with van der Waals surface area (Å²) in [5, 5.41) is 17.9. The number of aromatic nitrogens is 4. The van der Waals surface area contributed by atoms with Gasteiger partial charge in [0.2, 0.25) is 0 Å². The van der Waals surface area contributed by atoms with Crippen molar-refractivity contribution in [3.05, 3.63) is 22.9 Å². The summed E-state index contributed by atoms with van der Waals surface area (Å²) >= 11 is 0. The predicted octanol–water partition coefficient (Wildman–Crippen LogP) is -0.477. The molecule has 0 atom stereocenters. The maximum Gasteiger partial charge on any atom is 0.348 e. The van der Waals surface area contributed by atoms with Crippen LogP contribution < -0.4 is 16.3 Å². The summed E-state index contributed by atoms with van der Waals surface area (Å²) in [5.41, 5.74) is 5.72. The summed E-state index contributed by atoms with van der Waals surface area (Å²) in [7, 11) is 0. The zero-order chi connectivity index (χ0) is 14.1. The lowest BCUT2D eigenvalue weighted by Gasteiger charge is -2.22. The third-order valence-corrected chi connectivity index (χ3v) is 3.31. The third kappa shape index (κ3) is 2.29. The molecule has 4 N–H and O–H groups in total. The maximum absolute atomic E-state index is 11.4. The second kappa shape index (κ2) is 4.83. The molecular formula is C11H15N7O2. The number of rotatable bonds is 5. The number of anilines is 1. The van der Waals surface area contributed by atoms with Crippen molar-refractivity contribution in [2.75, 3.05) is 11.4 Å². The fourth-order valence-electron chi connectivity index (χ4n) is 2.11. The zero-order valence-corrected chi connectivity index (χ0v) is 10.7. The number of H-pyrrole nitrogens is 1. The lowest BCUT2D eigenvalue weighted by molar-refractivity contribution is 0.317. The van der Waals surface area contributed by atoms with Gasteiger partial charge in [-0.3, -0.25) is 0 Å². The second-order valence-electron chi connectivity index (χ2n) is 4.77. The first-order chi connectivity index (χ1) is 9.69. The minimum Gasteiger partial charge on any atom is -0.409 e. The van der Waals surface area contributed by atoms with Crippen LogP contribution in [-0.2, 0) is 0 Å². The highest BCUT2D eigenvalue weighted by Crippen LogP contribution is 2.30. The molecule has 0 bridgehead atoms. The highest BCUT2D eigenvalue weighted by atomic mass is 16.4. The largest absolute Gasteiger partial charge is 0.409 e. The van der Waals surface area contributed by atoms with E-state index >= 15 is 0 Å². The van der Waals surface area contributed by atoms with Crippen LogP contribution in [0.5, 0.6) is 0 Å². The van der Waals surface area contributed by atoms with Gasteiger partial charge in [0.1, 0.15) is 18.0 Å². The van der Waals surface area contributed by atoms with Crippen LogP contribution in [0.15, 0.2) is 22.3 Å². The van der Waals surface area contributed by atoms with Crippen LogP contribution in [0.4, 0.5) is 5.82 Å². The van der Waals surface area contributed by atoms with Crippen LogP contribution in [0.3, 0.4) is 0 Å². The molecule has 1 saturated carbocycles. The molecule has 0 aromatic carbocycles. The molecule has 1 aliphatic carbocycles. The van der Waals surface area contributed by atoms with Crippen molar-refractivity contribution >= 4 is 17.3 Å². The fraction of sp³-hybridized carbons (Fsp3) is 0.455. The molecule has 20 heavy (non-hydrogen) atoms. The van der Waals surface area contributed by atoms with Gasteiger partial charge in [-0.25, -0.2) is 19.3 Å². The van der Waals surface area contributed by atoms with Gasteiger partial charge in [-0.05, 0) is 12.8 Å². The van der Waals surface area contributed by atoms with E-state index in [-0.39, 0.29) is 11.5 Å². The molecule has 9 nitrogen and oxygen atoms in total. The number of amidine groups is 1. The van der Waals surface area contributed by atoms with Crippen LogP contribution in [0.1, 0.15) is 19.3 Å². The van der Waals surface area contributed by atoms with Gasteiger partial charge < -0.3 is 15.8 Å². The highest BCUT2D eigenvalue weighted by molar-refractivity contribution is 5.80. The Morgan fingerprint density at radius 3 is 3.15 bits per heavy atom. The first kappa shape index (κ1) is 12.5. The summed E-state index contributed by atoms with van der Waals surface area (Å²) in [6.07, 6.45) is 4.09. The molecule has 0 aliphatic heterocycles. The van der Waals surface area contributed by atoms with Crippen LogP contribution in [0.25, 0.3) is 5.65 Å². The normalized spacial score (nSPS) is 15.7. The number of nitrogens with two attached hydrogens (primary N) is 1. The van der Waals surface area contributed by atoms with E-state index in [4.69, 9.17) is 10.9 Å². The van der Waals surface area contributed by atoms with E-state index in [9.17, 15) is 4.79 Å². The summed E-state index contributed by atoms with van der Waals surface area (Å²) in [5.74, 6) is 0.928. The molecule has 0 amide bonds. The number of hydrogen-bond donors (Lipinski definition) is 3. The molecule has 0 radical (unpaired) electrons. The van der Waals surface area contributed by atoms with Gasteiger partial charge in [0.25, 0.3) is 0 Å². The molecule has 1 fully saturated rings. The quantitative estimate of drug-likeness (QED) is 0.293. The van der Waals surface area contributed by atoms with Gasteiger partial charge in [-0.15, -0.1) is 0 Å². The van der Waals surface area contributed by atoms with Crippen molar-refractivity contribution in [3.63, 3.8) is 0 Å². The van der Waals surface area contributed by atoms with E-state index < -0.39 is 0 Å². The summed E-state index contributed by atoms with van der Waals surface area (Å²) < 4.78 is 1.35. The topological polar surface area (TPSA) is 125 Å². The Morgan fingerprint density at radius 2 is 2.45 bits per heavy atom. The maximum atomic E-state index is 11.4. The third-order valence-electron chi connectivity index (χ3n) is 3.31. The van der Waals surface area contributed by atoms with Gasteiger partial charge >= 0.3 is 5.69 Å². The van der Waals surface area contributed by atoms with Crippen LogP contribution in [0.2, 0.25) is 0 Å². The number of oxime groups is 1. The zero-order valence-electron chi connectivity index (χ0n) is 10.7. The Morgan fingerprint density at radius 1 is 1.65 bits per heavy atom. The van der Waals surface area contributed by atoms with Crippen molar-refractivity contribution in [3.8, 4) is 0 Å². The number of nitrogens with one attached hydrogen (secondary N) is 1. The second-order valence-corrected chi connectivity index (χ2v) is 4.77. The lowest BCUT2D eigenvalue weighted by Crippen LogP contribution is -2.31. The van der Waals surface area contributed by atoms with Crippen LogP contribution in [0, 0.1) is 0 Å². The van der Waals surface area contributed by atoms with Gasteiger partial charge in [0.05, 0.1) is 0 Å². The van der Waals surface area contributed by atoms with E-state index in [1.54, 1.807) is 6.07 Å². The molecule has 3 rings (SSSR count). The monoisotopic (exact) mass is 277 g/mol. The molecular weight excluding hydrogens is 262 g/mol. The van der Waals surface area contributed by atoms with Gasteiger partial charge in [-0.1, -0.05) is 5.16 Å². The summed E-state index contributed by atoms with van der Waals surface area (Å²) in [6, 6.07) is 2.17. The lowest BCUT2D eigenvalue weighted by atomic mass is 10.3. The Balaban J connectivity index is 1.87. The molecule has 0 saturated heterocycles. The van der Waals surface area contributed by atoms with E-state index in [1.165, 1.54) is 10.7 Å². The van der Waals surface area contributed by atoms with Crippen LogP contribution >= 0.6 is 0 Å². The fourth-order valence-corrected chi connectivity index (χ4v) is 2.11. The molecule has 2 aromatic heterocycles. The van der Waals surface area contributed by atoms with Crippen molar-refractivity contribution in [2.45, 2.75) is 25.3 Å². The average Bonchev–Trinajstić information content (AvgIpc) is 3.23. The first-order valence-electron chi connectivity index (χ1n) is 6.35. The SMILES string of the molecule is NC(CCN(c1cc2n[nH]c(=O)n2cn1)C1CC1)=NO. The molecule has 0 unspecified atom stereocenters. The Hall–Kier alpha value is -2.58. The van der Waals surface area contributed by atoms with Gasteiger partial charge in [-0.2, -0.15) is 5.10 Å². The van der Waals surface area contributed by atoms with Crippen molar-refractivity contribution in [2.24, 2.45) is 10.9 Å². The summed E-state index contributed by atoms with van der Waals surface area (Å²) in [4.78, 5) is 17.8. The highest BCUT2D eigenvalue weighted by Gasteiger charge is 2.30. The van der Waals surface area contributed by atoms with E-state index in [0.29, 0.717) is 24.7 Å². The number of fused-ring (bicyclic) bond motifs is 1. The van der Waals surface area contributed by atoms with E-state index in [0.717, 1.165) is 18.7 Å². The predicted molar refractivity (Wildman–Crippen MR) is 72.0 cm³/mol. The molecule has 2 aromatic rings. The summed E-state index contributed by atoms with van der Waals surface area (Å²) in [6.45, 7) is 0.610. The average molecular weight is 277 g/mol. The van der Waals surface area contributed by atoms with Crippen molar-refractivity contribution in [1.82, 2.24) is 19.6 Å². The van der Waals surface area contributed by atoms with Crippen LogP contribution in [-0.4, -0.2) is 43.2 Å². The van der Waals surface area contributed by atoms with Gasteiger partial charge in [0.15, 0.2) is 5.65 Å². The van der Waals surface area contributed by atoms with Crippen molar-refractivity contribution < 1.29 is 5.21 Å².